The lowest BCUT2D eigenvalue weighted by molar-refractivity contribution is 0.0758. The monoisotopic (exact) mass is 290 g/mol. The van der Waals surface area contributed by atoms with Crippen LogP contribution in [0.15, 0.2) is 18.2 Å². The molecule has 0 atom stereocenters. The summed E-state index contributed by atoms with van der Waals surface area (Å²) in [5, 5.41) is 8.69. The first-order valence-corrected chi connectivity index (χ1v) is 6.99. The number of benzene rings is 1. The quantitative estimate of drug-likeness (QED) is 0.783. The first-order chi connectivity index (χ1) is 10.1. The van der Waals surface area contributed by atoms with Gasteiger partial charge in [0.25, 0.3) is 5.91 Å². The van der Waals surface area contributed by atoms with Crippen LogP contribution in [0.5, 0.6) is 0 Å². The highest BCUT2D eigenvalue weighted by atomic mass is 19.1. The van der Waals surface area contributed by atoms with Gasteiger partial charge in [0.05, 0.1) is 5.56 Å². The maximum Gasteiger partial charge on any atom is 0.256 e. The van der Waals surface area contributed by atoms with E-state index < -0.39 is 5.82 Å². The summed E-state index contributed by atoms with van der Waals surface area (Å²) in [6, 6.07) is 4.21. The zero-order valence-corrected chi connectivity index (χ0v) is 12.1. The predicted octanol–water partition coefficient (Wildman–Crippen LogP) is 0.947. The van der Waals surface area contributed by atoms with Crippen molar-refractivity contribution in [2.24, 2.45) is 0 Å². The highest BCUT2D eigenvalue weighted by Gasteiger charge is 2.21. The minimum Gasteiger partial charge on any atom is -0.384 e. The summed E-state index contributed by atoms with van der Waals surface area (Å²) in [7, 11) is 2.01. The van der Waals surface area contributed by atoms with Gasteiger partial charge in [-0.25, -0.2) is 4.39 Å². The second-order valence-electron chi connectivity index (χ2n) is 5.10. The number of amides is 1. The Labute approximate surface area is 124 Å². The molecule has 0 radical (unpaired) electrons. The molecule has 0 aromatic heterocycles. The number of hydrogen-bond donors (Lipinski definition) is 1. The van der Waals surface area contributed by atoms with E-state index in [-0.39, 0.29) is 18.1 Å². The first-order valence-electron chi connectivity index (χ1n) is 6.99. The van der Waals surface area contributed by atoms with Gasteiger partial charge in [-0.05, 0) is 38.2 Å². The number of halogens is 1. The lowest BCUT2D eigenvalue weighted by Gasteiger charge is -2.21. The highest BCUT2D eigenvalue weighted by Crippen LogP contribution is 2.14. The standard InChI is InChI=1S/C16H19FN2O2/c1-18-7-3-8-19(10-9-18)16(21)14-12-13(4-2-11-20)5-6-15(14)17/h5-6,12,20H,3,7-11H2,1H3. The summed E-state index contributed by atoms with van der Waals surface area (Å²) < 4.78 is 13.9. The average molecular weight is 290 g/mol. The third kappa shape index (κ3) is 4.03. The van der Waals surface area contributed by atoms with E-state index in [2.05, 4.69) is 16.7 Å². The largest absolute Gasteiger partial charge is 0.384 e. The van der Waals surface area contributed by atoms with Crippen molar-refractivity contribution in [1.82, 2.24) is 9.80 Å². The molecular formula is C16H19FN2O2. The number of likely N-dealkylation sites (N-methyl/N-ethyl adjacent to an activating group) is 1. The number of hydrogen-bond acceptors (Lipinski definition) is 3. The van der Waals surface area contributed by atoms with Gasteiger partial charge in [0.2, 0.25) is 0 Å². The second-order valence-corrected chi connectivity index (χ2v) is 5.10. The molecule has 1 amide bonds. The molecule has 0 spiro atoms. The van der Waals surface area contributed by atoms with Crippen LogP contribution in [0, 0.1) is 17.7 Å². The molecule has 0 unspecified atom stereocenters. The summed E-state index contributed by atoms with van der Waals surface area (Å²) in [5.74, 6) is 4.36. The molecule has 2 rings (SSSR count). The van der Waals surface area contributed by atoms with E-state index in [1.807, 2.05) is 7.05 Å². The van der Waals surface area contributed by atoms with E-state index in [9.17, 15) is 9.18 Å². The fourth-order valence-electron chi connectivity index (χ4n) is 2.33. The van der Waals surface area contributed by atoms with E-state index in [4.69, 9.17) is 5.11 Å². The molecule has 1 N–H and O–H groups in total. The van der Waals surface area contributed by atoms with Crippen LogP contribution in [0.4, 0.5) is 4.39 Å². The van der Waals surface area contributed by atoms with Crippen molar-refractivity contribution < 1.29 is 14.3 Å². The van der Waals surface area contributed by atoms with Crippen molar-refractivity contribution in [1.29, 1.82) is 0 Å². The van der Waals surface area contributed by atoms with E-state index in [0.717, 1.165) is 19.5 Å². The number of nitrogens with zero attached hydrogens (tertiary/aromatic N) is 2. The second kappa shape index (κ2) is 7.21. The van der Waals surface area contributed by atoms with Crippen LogP contribution >= 0.6 is 0 Å². The van der Waals surface area contributed by atoms with Crippen LogP contribution < -0.4 is 0 Å². The zero-order valence-electron chi connectivity index (χ0n) is 12.1. The van der Waals surface area contributed by atoms with Crippen molar-refractivity contribution in [2.75, 3.05) is 39.8 Å². The molecule has 1 aliphatic rings. The zero-order chi connectivity index (χ0) is 15.2. The summed E-state index contributed by atoms with van der Waals surface area (Å²) in [6.07, 6.45) is 0.883. The smallest absolute Gasteiger partial charge is 0.256 e. The van der Waals surface area contributed by atoms with Crippen molar-refractivity contribution in [3.8, 4) is 11.8 Å². The molecule has 0 saturated carbocycles. The molecule has 112 valence electrons. The average Bonchev–Trinajstić information content (AvgIpc) is 2.70. The Morgan fingerprint density at radius 2 is 2.14 bits per heavy atom. The number of aliphatic hydroxyl groups is 1. The van der Waals surface area contributed by atoms with Crippen LogP contribution in [-0.4, -0.2) is 60.6 Å². The van der Waals surface area contributed by atoms with Gasteiger partial charge in [-0.1, -0.05) is 11.8 Å². The van der Waals surface area contributed by atoms with Crippen LogP contribution in [-0.2, 0) is 0 Å². The van der Waals surface area contributed by atoms with Gasteiger partial charge < -0.3 is 14.9 Å². The van der Waals surface area contributed by atoms with Gasteiger partial charge in [-0.15, -0.1) is 0 Å². The number of rotatable bonds is 1. The minimum atomic E-state index is -0.535. The first kappa shape index (κ1) is 15.5. The number of carbonyl (C=O) groups excluding carboxylic acids is 1. The number of aliphatic hydroxyl groups excluding tert-OH is 1. The van der Waals surface area contributed by atoms with Crippen molar-refractivity contribution in [2.45, 2.75) is 6.42 Å². The highest BCUT2D eigenvalue weighted by molar-refractivity contribution is 5.95. The third-order valence-electron chi connectivity index (χ3n) is 3.52. The fraction of sp³-hybridized carbons (Fsp3) is 0.438. The summed E-state index contributed by atoms with van der Waals surface area (Å²) >= 11 is 0. The van der Waals surface area contributed by atoms with Gasteiger partial charge in [0, 0.05) is 25.2 Å². The van der Waals surface area contributed by atoms with E-state index >= 15 is 0 Å². The maximum atomic E-state index is 13.9. The summed E-state index contributed by atoms with van der Waals surface area (Å²) in [5.41, 5.74) is 0.574. The fourth-order valence-corrected chi connectivity index (χ4v) is 2.33. The van der Waals surface area contributed by atoms with Gasteiger partial charge >= 0.3 is 0 Å². The third-order valence-corrected chi connectivity index (χ3v) is 3.52. The molecule has 1 heterocycles. The number of carbonyl (C=O) groups is 1. The molecule has 4 nitrogen and oxygen atoms in total. The Balaban J connectivity index is 2.21. The molecule has 0 bridgehead atoms. The normalized spacial score (nSPS) is 16.0. The Kier molecular flexibility index (Phi) is 5.32. The van der Waals surface area contributed by atoms with Crippen LogP contribution in [0.2, 0.25) is 0 Å². The van der Waals surface area contributed by atoms with E-state index in [0.29, 0.717) is 18.7 Å². The van der Waals surface area contributed by atoms with Gasteiger partial charge in [-0.2, -0.15) is 0 Å². The van der Waals surface area contributed by atoms with Gasteiger partial charge in [-0.3, -0.25) is 4.79 Å². The lowest BCUT2D eigenvalue weighted by atomic mass is 10.1. The lowest BCUT2D eigenvalue weighted by Crippen LogP contribution is -2.35. The summed E-state index contributed by atoms with van der Waals surface area (Å²) in [4.78, 5) is 16.3. The van der Waals surface area contributed by atoms with Gasteiger partial charge in [0.15, 0.2) is 0 Å². The van der Waals surface area contributed by atoms with E-state index in [1.165, 1.54) is 18.2 Å². The SMILES string of the molecule is CN1CCCN(C(=O)c2cc(C#CCO)ccc2F)CC1. The van der Waals surface area contributed by atoms with Gasteiger partial charge in [0.1, 0.15) is 12.4 Å². The van der Waals surface area contributed by atoms with Crippen LogP contribution in [0.1, 0.15) is 22.3 Å². The molecule has 5 heteroatoms. The van der Waals surface area contributed by atoms with Crippen molar-refractivity contribution in [3.63, 3.8) is 0 Å². The minimum absolute atomic E-state index is 0.0456. The summed E-state index contributed by atoms with van der Waals surface area (Å²) in [6.45, 7) is 2.70. The molecule has 1 aromatic rings. The molecule has 1 saturated heterocycles. The molecule has 1 aromatic carbocycles. The van der Waals surface area contributed by atoms with Crippen molar-refractivity contribution in [3.05, 3.63) is 35.1 Å². The Morgan fingerprint density at radius 1 is 1.33 bits per heavy atom. The molecule has 1 aliphatic heterocycles. The predicted molar refractivity (Wildman–Crippen MR) is 78.4 cm³/mol. The molecule has 0 aliphatic carbocycles. The molecule has 1 fully saturated rings. The maximum absolute atomic E-state index is 13.9. The van der Waals surface area contributed by atoms with Crippen LogP contribution in [0.25, 0.3) is 0 Å². The Bertz CT molecular complexity index is 577. The van der Waals surface area contributed by atoms with Crippen LogP contribution in [0.3, 0.4) is 0 Å². The Hall–Kier alpha value is -1.90. The van der Waals surface area contributed by atoms with E-state index in [1.54, 1.807) is 4.90 Å². The van der Waals surface area contributed by atoms with Crippen molar-refractivity contribution >= 4 is 5.91 Å². The molecule has 21 heavy (non-hydrogen) atoms. The Morgan fingerprint density at radius 3 is 2.90 bits per heavy atom. The topological polar surface area (TPSA) is 43.8 Å². The molecular weight excluding hydrogens is 271 g/mol.